The molecule has 2 aliphatic rings. The summed E-state index contributed by atoms with van der Waals surface area (Å²) in [5, 5.41) is 3.45. The molecular formula is C14H27N3O. The molecule has 4 nitrogen and oxygen atoms in total. The van der Waals surface area contributed by atoms with Crippen LogP contribution in [0.3, 0.4) is 0 Å². The fourth-order valence-corrected chi connectivity index (χ4v) is 3.16. The van der Waals surface area contributed by atoms with Gasteiger partial charge in [0.2, 0.25) is 5.91 Å². The Morgan fingerprint density at radius 3 is 2.56 bits per heavy atom. The maximum Gasteiger partial charge on any atom is 0.242 e. The molecule has 0 saturated carbocycles. The molecule has 1 unspecified atom stereocenters. The zero-order valence-corrected chi connectivity index (χ0v) is 12.3. The summed E-state index contributed by atoms with van der Waals surface area (Å²) in [7, 11) is 2.14. The minimum Gasteiger partial charge on any atom is -0.338 e. The summed E-state index contributed by atoms with van der Waals surface area (Å²) >= 11 is 0. The molecule has 2 saturated heterocycles. The third kappa shape index (κ3) is 2.28. The van der Waals surface area contributed by atoms with E-state index in [1.54, 1.807) is 0 Å². The van der Waals surface area contributed by atoms with Gasteiger partial charge >= 0.3 is 0 Å². The van der Waals surface area contributed by atoms with E-state index in [0.29, 0.717) is 5.91 Å². The van der Waals surface area contributed by atoms with E-state index in [1.165, 1.54) is 0 Å². The van der Waals surface area contributed by atoms with Crippen molar-refractivity contribution in [2.45, 2.75) is 51.1 Å². The van der Waals surface area contributed by atoms with Gasteiger partial charge in [-0.25, -0.2) is 0 Å². The Hall–Kier alpha value is -0.610. The van der Waals surface area contributed by atoms with Crippen molar-refractivity contribution in [3.05, 3.63) is 0 Å². The largest absolute Gasteiger partial charge is 0.338 e. The molecule has 1 N–H and O–H groups in total. The van der Waals surface area contributed by atoms with Crippen molar-refractivity contribution in [2.75, 3.05) is 33.2 Å². The van der Waals surface area contributed by atoms with Gasteiger partial charge in [0.05, 0.1) is 5.54 Å². The highest BCUT2D eigenvalue weighted by Gasteiger charge is 2.44. The molecular weight excluding hydrogens is 226 g/mol. The van der Waals surface area contributed by atoms with Gasteiger partial charge < -0.3 is 10.2 Å². The van der Waals surface area contributed by atoms with Gasteiger partial charge in [-0.2, -0.15) is 0 Å². The van der Waals surface area contributed by atoms with Crippen LogP contribution in [0.1, 0.15) is 40.0 Å². The molecule has 4 heteroatoms. The molecule has 1 atom stereocenters. The van der Waals surface area contributed by atoms with E-state index in [2.05, 4.69) is 42.9 Å². The smallest absolute Gasteiger partial charge is 0.242 e. The van der Waals surface area contributed by atoms with Crippen LogP contribution < -0.4 is 5.32 Å². The lowest BCUT2D eigenvalue weighted by molar-refractivity contribution is -0.142. The number of hydrogen-bond acceptors (Lipinski definition) is 3. The van der Waals surface area contributed by atoms with Crippen LogP contribution in [0.25, 0.3) is 0 Å². The quantitative estimate of drug-likeness (QED) is 0.799. The van der Waals surface area contributed by atoms with Crippen LogP contribution in [0.15, 0.2) is 0 Å². The van der Waals surface area contributed by atoms with Gasteiger partial charge in [0.25, 0.3) is 0 Å². The number of likely N-dealkylation sites (N-methyl/N-ethyl adjacent to an activating group) is 1. The van der Waals surface area contributed by atoms with Crippen LogP contribution in [0, 0.1) is 0 Å². The van der Waals surface area contributed by atoms with E-state index in [-0.39, 0.29) is 11.1 Å². The molecule has 2 heterocycles. The third-order valence-corrected chi connectivity index (χ3v) is 4.86. The maximum absolute atomic E-state index is 12.8. The summed E-state index contributed by atoms with van der Waals surface area (Å²) in [4.78, 5) is 17.2. The molecule has 1 amide bonds. The maximum atomic E-state index is 12.8. The van der Waals surface area contributed by atoms with Crippen LogP contribution >= 0.6 is 0 Å². The Balaban J connectivity index is 2.10. The Kier molecular flexibility index (Phi) is 3.70. The summed E-state index contributed by atoms with van der Waals surface area (Å²) in [6.45, 7) is 10.2. The summed E-state index contributed by atoms with van der Waals surface area (Å²) in [6, 6.07) is 0. The lowest BCUT2D eigenvalue weighted by atomic mass is 9.90. The molecule has 2 fully saturated rings. The molecule has 0 aliphatic carbocycles. The second-order valence-electron chi connectivity index (χ2n) is 6.43. The van der Waals surface area contributed by atoms with E-state index < -0.39 is 0 Å². The summed E-state index contributed by atoms with van der Waals surface area (Å²) in [5.41, 5.74) is -0.187. The number of nitrogens with zero attached hydrogens (tertiary/aromatic N) is 2. The molecule has 0 spiro atoms. The van der Waals surface area contributed by atoms with Crippen molar-refractivity contribution < 1.29 is 4.79 Å². The van der Waals surface area contributed by atoms with Gasteiger partial charge in [-0.05, 0) is 46.7 Å². The van der Waals surface area contributed by atoms with E-state index in [0.717, 1.165) is 45.4 Å². The molecule has 0 aromatic carbocycles. The highest BCUT2D eigenvalue weighted by molar-refractivity contribution is 5.87. The molecule has 104 valence electrons. The summed E-state index contributed by atoms with van der Waals surface area (Å²) in [6.07, 6.45) is 3.02. The first-order chi connectivity index (χ1) is 8.41. The first-order valence-electron chi connectivity index (χ1n) is 7.17. The van der Waals surface area contributed by atoms with Crippen molar-refractivity contribution in [1.82, 2.24) is 15.1 Å². The molecule has 0 aromatic heterocycles. The average molecular weight is 253 g/mol. The fraction of sp³-hybridized carbons (Fsp3) is 0.929. The van der Waals surface area contributed by atoms with Crippen molar-refractivity contribution >= 4 is 5.91 Å². The molecule has 18 heavy (non-hydrogen) atoms. The van der Waals surface area contributed by atoms with E-state index in [1.807, 2.05) is 0 Å². The SMILES string of the molecule is CCC1(C(=O)N2CCN(C)C(C)(C)C2)CCCN1. The molecule has 0 bridgehead atoms. The van der Waals surface area contributed by atoms with Gasteiger partial charge in [-0.1, -0.05) is 6.92 Å². The predicted octanol–water partition coefficient (Wildman–Crippen LogP) is 1.07. The second-order valence-corrected chi connectivity index (χ2v) is 6.43. The monoisotopic (exact) mass is 253 g/mol. The minimum absolute atomic E-state index is 0.0848. The standard InChI is InChI=1S/C14H27N3O/c1-5-14(7-6-8-15-14)12(18)17-10-9-16(4)13(2,3)11-17/h15H,5-11H2,1-4H3. The molecule has 0 radical (unpaired) electrons. The van der Waals surface area contributed by atoms with Gasteiger partial charge in [-0.3, -0.25) is 9.69 Å². The number of carbonyl (C=O) groups excluding carboxylic acids is 1. The summed E-state index contributed by atoms with van der Waals surface area (Å²) in [5.74, 6) is 0.323. The number of rotatable bonds is 2. The fourth-order valence-electron chi connectivity index (χ4n) is 3.16. The van der Waals surface area contributed by atoms with Gasteiger partial charge in [0.1, 0.15) is 0 Å². The average Bonchev–Trinajstić information content (AvgIpc) is 2.81. The van der Waals surface area contributed by atoms with Crippen LogP contribution in [0.5, 0.6) is 0 Å². The zero-order valence-electron chi connectivity index (χ0n) is 12.3. The van der Waals surface area contributed by atoms with Crippen molar-refractivity contribution in [1.29, 1.82) is 0 Å². The Bertz CT molecular complexity index is 321. The van der Waals surface area contributed by atoms with Crippen molar-refractivity contribution in [3.63, 3.8) is 0 Å². The van der Waals surface area contributed by atoms with Crippen LogP contribution in [-0.2, 0) is 4.79 Å². The minimum atomic E-state index is -0.272. The highest BCUT2D eigenvalue weighted by Crippen LogP contribution is 2.28. The lowest BCUT2D eigenvalue weighted by Gasteiger charge is -2.47. The zero-order chi connectivity index (χ0) is 13.4. The van der Waals surface area contributed by atoms with E-state index in [9.17, 15) is 4.79 Å². The van der Waals surface area contributed by atoms with Gasteiger partial charge in [0.15, 0.2) is 0 Å². The number of piperazine rings is 1. The normalized spacial score (nSPS) is 32.8. The first kappa shape index (κ1) is 13.8. The Labute approximate surface area is 111 Å². The van der Waals surface area contributed by atoms with E-state index >= 15 is 0 Å². The molecule has 0 aromatic rings. The van der Waals surface area contributed by atoms with Crippen LogP contribution in [0.4, 0.5) is 0 Å². The van der Waals surface area contributed by atoms with Crippen molar-refractivity contribution in [2.24, 2.45) is 0 Å². The lowest BCUT2D eigenvalue weighted by Crippen LogP contribution is -2.64. The van der Waals surface area contributed by atoms with Crippen LogP contribution in [0.2, 0.25) is 0 Å². The third-order valence-electron chi connectivity index (χ3n) is 4.86. The van der Waals surface area contributed by atoms with Crippen molar-refractivity contribution in [3.8, 4) is 0 Å². The summed E-state index contributed by atoms with van der Waals surface area (Å²) < 4.78 is 0. The first-order valence-corrected chi connectivity index (χ1v) is 7.17. The molecule has 2 aliphatic heterocycles. The number of hydrogen-bond donors (Lipinski definition) is 1. The topological polar surface area (TPSA) is 35.6 Å². The Morgan fingerprint density at radius 2 is 2.06 bits per heavy atom. The van der Waals surface area contributed by atoms with Gasteiger partial charge in [-0.15, -0.1) is 0 Å². The van der Waals surface area contributed by atoms with Crippen LogP contribution in [-0.4, -0.2) is 60.0 Å². The number of nitrogens with one attached hydrogen (secondary N) is 1. The Morgan fingerprint density at radius 1 is 1.33 bits per heavy atom. The second kappa shape index (κ2) is 4.82. The predicted molar refractivity (Wildman–Crippen MR) is 73.5 cm³/mol. The molecule has 2 rings (SSSR count). The number of amides is 1. The number of carbonyl (C=O) groups is 1. The van der Waals surface area contributed by atoms with E-state index in [4.69, 9.17) is 0 Å². The van der Waals surface area contributed by atoms with Gasteiger partial charge in [0, 0.05) is 25.2 Å². The highest BCUT2D eigenvalue weighted by atomic mass is 16.2.